The summed E-state index contributed by atoms with van der Waals surface area (Å²) in [4.78, 5) is 28.0. The number of thiophene rings is 1. The third-order valence-electron chi connectivity index (χ3n) is 5.08. The molecule has 0 spiro atoms. The topological polar surface area (TPSA) is 82.0 Å². The molecule has 0 bridgehead atoms. The van der Waals surface area contributed by atoms with Crippen molar-refractivity contribution < 1.29 is 0 Å². The number of aromatic nitrogens is 2. The largest absolute Gasteiger partial charge is 0.332 e. The van der Waals surface area contributed by atoms with E-state index in [1.165, 1.54) is 4.57 Å². The molecule has 0 aliphatic heterocycles. The lowest BCUT2D eigenvalue weighted by Crippen LogP contribution is -2.39. The molecule has 138 valence electrons. The molecule has 1 aliphatic carbocycles. The quantitative estimate of drug-likeness (QED) is 0.702. The van der Waals surface area contributed by atoms with Crippen LogP contribution in [-0.2, 0) is 13.1 Å². The Morgan fingerprint density at radius 3 is 2.68 bits per heavy atom. The average molecular weight is 365 g/mol. The molecule has 2 atom stereocenters. The minimum Gasteiger partial charge on any atom is -0.329 e. The summed E-state index contributed by atoms with van der Waals surface area (Å²) in [5.74, 6) is 0.409. The van der Waals surface area contributed by atoms with Gasteiger partial charge < -0.3 is 11.1 Å². The normalized spacial score (nSPS) is 19.7. The minimum atomic E-state index is -0.136. The molecular weight excluding hydrogens is 336 g/mol. The van der Waals surface area contributed by atoms with E-state index in [-0.39, 0.29) is 17.3 Å². The van der Waals surface area contributed by atoms with E-state index in [4.69, 9.17) is 5.73 Å². The van der Waals surface area contributed by atoms with Crippen LogP contribution in [0.1, 0.15) is 49.6 Å². The van der Waals surface area contributed by atoms with Crippen molar-refractivity contribution in [2.24, 2.45) is 11.7 Å². The highest BCUT2D eigenvalue weighted by Gasteiger charge is 2.38. The Balaban J connectivity index is 2.17. The number of rotatable bonds is 8. The maximum Gasteiger partial charge on any atom is 0.332 e. The lowest BCUT2D eigenvalue weighted by atomic mass is 10.2. The van der Waals surface area contributed by atoms with Gasteiger partial charge in [0.15, 0.2) is 0 Å². The Bertz CT molecular complexity index is 880. The molecule has 0 aromatic carbocycles. The second-order valence-corrected chi connectivity index (χ2v) is 8.12. The predicted molar refractivity (Wildman–Crippen MR) is 104 cm³/mol. The van der Waals surface area contributed by atoms with E-state index in [1.807, 2.05) is 11.5 Å². The Hall–Kier alpha value is -1.44. The average Bonchev–Trinajstić information content (AvgIpc) is 3.19. The number of unbranched alkanes of at least 4 members (excludes halogenated alkanes) is 1. The van der Waals surface area contributed by atoms with Gasteiger partial charge >= 0.3 is 5.69 Å². The van der Waals surface area contributed by atoms with Gasteiger partial charge in [0.1, 0.15) is 4.83 Å². The molecule has 0 unspecified atom stereocenters. The molecule has 7 heteroatoms. The second-order valence-electron chi connectivity index (χ2n) is 7.04. The summed E-state index contributed by atoms with van der Waals surface area (Å²) in [5.41, 5.74) is 6.30. The van der Waals surface area contributed by atoms with Gasteiger partial charge in [-0.1, -0.05) is 20.3 Å². The van der Waals surface area contributed by atoms with Crippen molar-refractivity contribution in [3.8, 4) is 0 Å². The van der Waals surface area contributed by atoms with Crippen LogP contribution in [0.3, 0.4) is 0 Å². The van der Waals surface area contributed by atoms with Crippen LogP contribution in [0.4, 0.5) is 0 Å². The van der Waals surface area contributed by atoms with Crippen LogP contribution in [0.25, 0.3) is 10.2 Å². The standard InChI is InChI=1S/C18H28N4O2S/c1-4-5-8-21-17-15(12(3)14(25-17)10-20-7-6-19)16(23)22(18(21)24)13-9-11(13)2/h11,13,20H,4-10,19H2,1-3H3/t11-,13-/m0/s1. The number of nitrogens with zero attached hydrogens (tertiary/aromatic N) is 2. The number of nitrogens with two attached hydrogens (primary N) is 1. The van der Waals surface area contributed by atoms with Gasteiger partial charge in [-0.15, -0.1) is 11.3 Å². The maximum absolute atomic E-state index is 13.1. The van der Waals surface area contributed by atoms with E-state index in [2.05, 4.69) is 19.2 Å². The number of nitrogens with one attached hydrogen (secondary N) is 1. The van der Waals surface area contributed by atoms with Crippen LogP contribution < -0.4 is 22.3 Å². The summed E-state index contributed by atoms with van der Waals surface area (Å²) in [7, 11) is 0. The van der Waals surface area contributed by atoms with E-state index < -0.39 is 0 Å². The van der Waals surface area contributed by atoms with E-state index >= 15 is 0 Å². The summed E-state index contributed by atoms with van der Waals surface area (Å²) < 4.78 is 3.34. The van der Waals surface area contributed by atoms with E-state index in [0.717, 1.165) is 46.5 Å². The molecule has 6 nitrogen and oxygen atoms in total. The number of fused-ring (bicyclic) bond motifs is 1. The lowest BCUT2D eigenvalue weighted by Gasteiger charge is -2.11. The fraction of sp³-hybridized carbons (Fsp3) is 0.667. The molecule has 1 saturated carbocycles. The maximum atomic E-state index is 13.1. The summed E-state index contributed by atoms with van der Waals surface area (Å²) in [6.07, 6.45) is 2.87. The molecule has 0 saturated heterocycles. The van der Waals surface area contributed by atoms with Crippen molar-refractivity contribution in [3.05, 3.63) is 31.3 Å². The van der Waals surface area contributed by atoms with Gasteiger partial charge in [0.05, 0.1) is 5.39 Å². The van der Waals surface area contributed by atoms with Crippen molar-refractivity contribution >= 4 is 21.6 Å². The third-order valence-corrected chi connectivity index (χ3v) is 6.40. The molecule has 25 heavy (non-hydrogen) atoms. The monoisotopic (exact) mass is 364 g/mol. The highest BCUT2D eigenvalue weighted by molar-refractivity contribution is 7.18. The molecule has 2 heterocycles. The van der Waals surface area contributed by atoms with Gasteiger partial charge in [0, 0.05) is 37.1 Å². The van der Waals surface area contributed by atoms with Gasteiger partial charge in [0.2, 0.25) is 0 Å². The van der Waals surface area contributed by atoms with E-state index in [9.17, 15) is 9.59 Å². The number of hydrogen-bond donors (Lipinski definition) is 2. The molecule has 2 aromatic heterocycles. The van der Waals surface area contributed by atoms with Crippen molar-refractivity contribution in [2.45, 2.75) is 59.2 Å². The van der Waals surface area contributed by atoms with Crippen LogP contribution >= 0.6 is 11.3 Å². The molecule has 0 amide bonds. The molecule has 2 aromatic rings. The molecule has 3 rings (SSSR count). The molecule has 0 radical (unpaired) electrons. The summed E-state index contributed by atoms with van der Waals surface area (Å²) in [5, 5.41) is 4.02. The minimum absolute atomic E-state index is 0.0652. The SMILES string of the molecule is CCCCn1c(=O)n([C@H]2C[C@@H]2C)c(=O)c2c(C)c(CNCCN)sc21. The Morgan fingerprint density at radius 2 is 2.08 bits per heavy atom. The molecule has 1 fully saturated rings. The summed E-state index contributed by atoms with van der Waals surface area (Å²) >= 11 is 1.57. The lowest BCUT2D eigenvalue weighted by molar-refractivity contribution is 0.547. The van der Waals surface area contributed by atoms with Gasteiger partial charge in [-0.2, -0.15) is 0 Å². The first-order valence-corrected chi connectivity index (χ1v) is 10.0. The van der Waals surface area contributed by atoms with Gasteiger partial charge in [-0.05, 0) is 31.2 Å². The van der Waals surface area contributed by atoms with E-state index in [0.29, 0.717) is 25.6 Å². The van der Waals surface area contributed by atoms with Gasteiger partial charge in [-0.3, -0.25) is 13.9 Å². The third kappa shape index (κ3) is 3.32. The van der Waals surface area contributed by atoms with Crippen molar-refractivity contribution in [3.63, 3.8) is 0 Å². The first-order valence-electron chi connectivity index (χ1n) is 9.19. The zero-order valence-corrected chi connectivity index (χ0v) is 16.1. The van der Waals surface area contributed by atoms with Crippen molar-refractivity contribution in [1.82, 2.24) is 14.5 Å². The van der Waals surface area contributed by atoms with Crippen LogP contribution in [0.2, 0.25) is 0 Å². The zero-order valence-electron chi connectivity index (χ0n) is 15.3. The Labute approximate surface area is 151 Å². The Kier molecular flexibility index (Phi) is 5.46. The molecule has 3 N–H and O–H groups in total. The van der Waals surface area contributed by atoms with Gasteiger partial charge in [0.25, 0.3) is 5.56 Å². The number of hydrogen-bond acceptors (Lipinski definition) is 5. The zero-order chi connectivity index (χ0) is 18.1. The van der Waals surface area contributed by atoms with Gasteiger partial charge in [-0.25, -0.2) is 4.79 Å². The van der Waals surface area contributed by atoms with Crippen LogP contribution in [0.5, 0.6) is 0 Å². The highest BCUT2D eigenvalue weighted by Crippen LogP contribution is 2.41. The molecule has 1 aliphatic rings. The van der Waals surface area contributed by atoms with Crippen LogP contribution in [0.15, 0.2) is 9.59 Å². The summed E-state index contributed by atoms with van der Waals surface area (Å²) in [6, 6.07) is 0.0652. The predicted octanol–water partition coefficient (Wildman–Crippen LogP) is 1.96. The van der Waals surface area contributed by atoms with Crippen molar-refractivity contribution in [1.29, 1.82) is 0 Å². The second kappa shape index (κ2) is 7.43. The summed E-state index contributed by atoms with van der Waals surface area (Å²) in [6.45, 7) is 8.88. The smallest absolute Gasteiger partial charge is 0.329 e. The van der Waals surface area contributed by atoms with E-state index in [1.54, 1.807) is 11.3 Å². The van der Waals surface area contributed by atoms with Crippen LogP contribution in [0, 0.1) is 12.8 Å². The highest BCUT2D eigenvalue weighted by atomic mass is 32.1. The fourth-order valence-corrected chi connectivity index (χ4v) is 4.64. The van der Waals surface area contributed by atoms with Crippen molar-refractivity contribution in [2.75, 3.05) is 13.1 Å². The first-order chi connectivity index (χ1) is 12.0. The fourth-order valence-electron chi connectivity index (χ4n) is 3.35. The molecular formula is C18H28N4O2S. The van der Waals surface area contributed by atoms with Crippen LogP contribution in [-0.4, -0.2) is 22.2 Å². The Morgan fingerprint density at radius 1 is 1.36 bits per heavy atom. The first kappa shape index (κ1) is 18.4. The number of aryl methyl sites for hydroxylation is 2.